The van der Waals surface area contributed by atoms with Crippen LogP contribution in [0.5, 0.6) is 0 Å². The maximum absolute atomic E-state index is 12.5. The molecular formula is C35H37N2O13S5+. The Bertz CT molecular complexity index is 2790. The number of aromatic carboxylic acids is 2. The second-order valence-electron chi connectivity index (χ2n) is 14.3. The van der Waals surface area contributed by atoms with Gasteiger partial charge in [0.25, 0.3) is 10.1 Å². The molecule has 0 atom stereocenters. The summed E-state index contributed by atoms with van der Waals surface area (Å²) in [5.41, 5.74) is 1.33. The molecule has 55 heavy (non-hydrogen) atoms. The number of hydrogen-bond acceptors (Lipinski definition) is 11. The molecule has 0 saturated heterocycles. The standard InChI is InChI=1S/C35H36N2O13S5/c1-6-11-36-24(34(2,3)22-14-20(32(38)39)30-18(28(22)36)16-26(51-30)54(45,46)47)9-7-10-25-35(4,5)23-15-21(33(40)41)31-19(17-27(52-31)55(48,49)50)29(23)37(25)12-8-13-53(42,43)44/h7,9-10,14-17H,6,8,11-13H2,1-5H3,(H4-,38,39,40,41,42,43,44,45,46,47,48,49,50)/p+1. The van der Waals surface area contributed by atoms with Crippen LogP contribution in [0.2, 0.25) is 0 Å². The number of nitrogens with zero attached hydrogens (tertiary/aromatic N) is 2. The fourth-order valence-corrected chi connectivity index (χ4v) is 11.7. The molecule has 0 amide bonds. The molecule has 4 heterocycles. The highest BCUT2D eigenvalue weighted by Crippen LogP contribution is 2.54. The van der Waals surface area contributed by atoms with Crippen molar-refractivity contribution in [2.24, 2.45) is 0 Å². The Morgan fingerprint density at radius 3 is 1.84 bits per heavy atom. The summed E-state index contributed by atoms with van der Waals surface area (Å²) in [5, 5.41) is 20.8. The van der Waals surface area contributed by atoms with Crippen molar-refractivity contribution in [3.63, 3.8) is 0 Å². The zero-order chi connectivity index (χ0) is 40.8. The molecule has 2 aliphatic rings. The van der Waals surface area contributed by atoms with E-state index in [9.17, 15) is 58.7 Å². The summed E-state index contributed by atoms with van der Waals surface area (Å²) in [6, 6.07) is 5.42. The first kappa shape index (κ1) is 40.6. The molecule has 294 valence electrons. The summed E-state index contributed by atoms with van der Waals surface area (Å²) in [5.74, 6) is -3.19. The number of carboxylic acid groups (broad SMARTS) is 2. The van der Waals surface area contributed by atoms with Crippen LogP contribution >= 0.6 is 22.7 Å². The molecule has 15 nitrogen and oxygen atoms in total. The molecule has 4 aromatic rings. The van der Waals surface area contributed by atoms with E-state index in [-0.39, 0.29) is 38.9 Å². The Labute approximate surface area is 324 Å². The van der Waals surface area contributed by atoms with Crippen molar-refractivity contribution in [1.29, 1.82) is 0 Å². The van der Waals surface area contributed by atoms with Crippen LogP contribution in [0, 0.1) is 0 Å². The van der Waals surface area contributed by atoms with Gasteiger partial charge in [0.2, 0.25) is 5.69 Å². The largest absolute Gasteiger partial charge is 0.478 e. The van der Waals surface area contributed by atoms with E-state index in [0.29, 0.717) is 69.2 Å². The number of anilines is 1. The van der Waals surface area contributed by atoms with Gasteiger partial charge in [0.1, 0.15) is 15.0 Å². The Morgan fingerprint density at radius 1 is 0.800 bits per heavy atom. The molecule has 2 aromatic heterocycles. The van der Waals surface area contributed by atoms with Gasteiger partial charge in [-0.3, -0.25) is 13.7 Å². The molecule has 0 radical (unpaired) electrons. The normalized spacial score (nSPS) is 17.6. The quantitative estimate of drug-likeness (QED) is 0.0775. The summed E-state index contributed by atoms with van der Waals surface area (Å²) in [6.07, 6.45) is 5.89. The van der Waals surface area contributed by atoms with Crippen LogP contribution < -0.4 is 4.90 Å². The minimum Gasteiger partial charge on any atom is -0.478 e. The maximum Gasteiger partial charge on any atom is 0.337 e. The van der Waals surface area contributed by atoms with Crippen molar-refractivity contribution >= 4 is 102 Å². The Hall–Kier alpha value is -4.02. The summed E-state index contributed by atoms with van der Waals surface area (Å²) in [6.45, 7) is 9.84. The van der Waals surface area contributed by atoms with Gasteiger partial charge in [0, 0.05) is 41.1 Å². The number of hydrogen-bond donors (Lipinski definition) is 5. The SMILES string of the molecule is CCC[N+]1=C(/C=C/C=C2/N(CCCS(=O)(=O)O)c3c(cc(C(=O)O)c4sc(S(=O)(=O)O)cc34)C2(C)C)C(C)(C)c2cc(C(=O)O)c3sc(S(=O)(=O)O)cc3c21. The van der Waals surface area contributed by atoms with Crippen LogP contribution in [0.1, 0.15) is 79.3 Å². The van der Waals surface area contributed by atoms with Gasteiger partial charge >= 0.3 is 32.2 Å². The van der Waals surface area contributed by atoms with Crippen LogP contribution in [0.15, 0.2) is 56.6 Å². The monoisotopic (exact) mass is 853 g/mol. The molecule has 20 heteroatoms. The highest BCUT2D eigenvalue weighted by Gasteiger charge is 2.47. The van der Waals surface area contributed by atoms with Crippen molar-refractivity contribution in [1.82, 2.24) is 0 Å². The Morgan fingerprint density at radius 2 is 1.33 bits per heavy atom. The van der Waals surface area contributed by atoms with Crippen LogP contribution in [0.3, 0.4) is 0 Å². The van der Waals surface area contributed by atoms with Gasteiger partial charge in [0.05, 0.1) is 42.8 Å². The molecule has 6 rings (SSSR count). The minimum absolute atomic E-state index is 0.00807. The van der Waals surface area contributed by atoms with E-state index in [1.165, 1.54) is 24.3 Å². The Kier molecular flexibility index (Phi) is 10.0. The number of benzene rings is 2. The fraction of sp³-hybridized carbons (Fsp3) is 0.343. The van der Waals surface area contributed by atoms with E-state index in [4.69, 9.17) is 0 Å². The zero-order valence-electron chi connectivity index (χ0n) is 30.0. The second-order valence-corrected chi connectivity index (χ2v) is 21.3. The van der Waals surface area contributed by atoms with Crippen LogP contribution in [-0.4, -0.2) is 90.2 Å². The molecule has 5 N–H and O–H groups in total. The lowest BCUT2D eigenvalue weighted by atomic mass is 9.80. The van der Waals surface area contributed by atoms with E-state index in [2.05, 4.69) is 0 Å². The lowest BCUT2D eigenvalue weighted by molar-refractivity contribution is -0.436. The average molecular weight is 854 g/mol. The lowest BCUT2D eigenvalue weighted by Crippen LogP contribution is -2.29. The molecule has 0 bridgehead atoms. The maximum atomic E-state index is 12.5. The van der Waals surface area contributed by atoms with Gasteiger partial charge in [-0.1, -0.05) is 26.8 Å². The second kappa shape index (κ2) is 13.6. The van der Waals surface area contributed by atoms with Gasteiger partial charge in [0.15, 0.2) is 5.71 Å². The summed E-state index contributed by atoms with van der Waals surface area (Å²) in [4.78, 5) is 26.6. The lowest BCUT2D eigenvalue weighted by Gasteiger charge is -2.27. The average Bonchev–Trinajstić information content (AvgIpc) is 3.78. The molecule has 0 unspecified atom stereocenters. The predicted molar refractivity (Wildman–Crippen MR) is 209 cm³/mol. The van der Waals surface area contributed by atoms with E-state index >= 15 is 0 Å². The topological polar surface area (TPSA) is 244 Å². The zero-order valence-corrected chi connectivity index (χ0v) is 34.1. The van der Waals surface area contributed by atoms with Gasteiger partial charge in [-0.15, -0.1) is 22.7 Å². The molecule has 0 aliphatic carbocycles. The summed E-state index contributed by atoms with van der Waals surface area (Å²) in [7, 11) is -13.7. The van der Waals surface area contributed by atoms with Crippen molar-refractivity contribution < 1.29 is 63.3 Å². The number of fused-ring (bicyclic) bond motifs is 6. The highest BCUT2D eigenvalue weighted by atomic mass is 32.3. The summed E-state index contributed by atoms with van der Waals surface area (Å²) >= 11 is 1.25. The van der Waals surface area contributed by atoms with Crippen molar-refractivity contribution in [3.8, 4) is 0 Å². The first-order chi connectivity index (χ1) is 25.3. The van der Waals surface area contributed by atoms with Gasteiger partial charge in [-0.05, 0) is 56.2 Å². The van der Waals surface area contributed by atoms with Crippen LogP contribution in [0.4, 0.5) is 11.4 Å². The Balaban J connectivity index is 1.56. The molecular weight excluding hydrogens is 817 g/mol. The minimum atomic E-state index is -4.73. The first-order valence-corrected chi connectivity index (χ1v) is 22.8. The number of carboxylic acids is 2. The first-order valence-electron chi connectivity index (χ1n) is 16.7. The number of rotatable bonds is 12. The van der Waals surface area contributed by atoms with Gasteiger partial charge in [-0.2, -0.15) is 29.8 Å². The third kappa shape index (κ3) is 7.02. The smallest absolute Gasteiger partial charge is 0.337 e. The number of allylic oxidation sites excluding steroid dienone is 4. The van der Waals surface area contributed by atoms with Gasteiger partial charge in [-0.25, -0.2) is 9.59 Å². The van der Waals surface area contributed by atoms with Crippen LogP contribution in [-0.2, 0) is 41.2 Å². The van der Waals surface area contributed by atoms with E-state index in [0.717, 1.165) is 5.71 Å². The third-order valence-corrected chi connectivity index (χ3v) is 15.7. The molecule has 0 fully saturated rings. The summed E-state index contributed by atoms with van der Waals surface area (Å²) < 4.78 is 103. The van der Waals surface area contributed by atoms with E-state index in [1.54, 1.807) is 17.1 Å². The number of carbonyl (C=O) groups is 2. The highest BCUT2D eigenvalue weighted by molar-refractivity contribution is 7.88. The predicted octanol–water partition coefficient (Wildman–Crippen LogP) is 6.31. The molecule has 0 saturated carbocycles. The molecule has 2 aliphatic heterocycles. The third-order valence-electron chi connectivity index (χ3n) is 9.96. The van der Waals surface area contributed by atoms with E-state index < -0.39 is 67.3 Å². The van der Waals surface area contributed by atoms with Crippen LogP contribution in [0.25, 0.3) is 20.2 Å². The van der Waals surface area contributed by atoms with Gasteiger partial charge < -0.3 is 15.1 Å². The fourth-order valence-electron chi connectivity index (χ4n) is 7.55. The molecule has 0 spiro atoms. The van der Waals surface area contributed by atoms with Crippen molar-refractivity contribution in [2.75, 3.05) is 23.7 Å². The van der Waals surface area contributed by atoms with Crippen molar-refractivity contribution in [2.45, 2.75) is 66.7 Å². The molecule has 2 aromatic carbocycles. The van der Waals surface area contributed by atoms with Crippen molar-refractivity contribution in [3.05, 3.63) is 70.4 Å². The van der Waals surface area contributed by atoms with E-state index in [1.807, 2.05) is 45.3 Å². The number of thiophene rings is 2.